The summed E-state index contributed by atoms with van der Waals surface area (Å²) in [5, 5.41) is 17.0. The Morgan fingerprint density at radius 3 is 2.67 bits per heavy atom. The number of benzene rings is 1. The summed E-state index contributed by atoms with van der Waals surface area (Å²) in [6.07, 6.45) is 1.39. The summed E-state index contributed by atoms with van der Waals surface area (Å²) >= 11 is 0. The Morgan fingerprint density at radius 2 is 2.03 bits per heavy atom. The fraction of sp³-hybridized carbons (Fsp3) is 0.364. The molecule has 1 aromatic carbocycles. The molecule has 4 rings (SSSR count). The van der Waals surface area contributed by atoms with Gasteiger partial charge in [0.05, 0.1) is 18.4 Å². The molecule has 0 unspecified atom stereocenters. The van der Waals surface area contributed by atoms with Gasteiger partial charge in [-0.05, 0) is 43.0 Å². The van der Waals surface area contributed by atoms with Crippen LogP contribution in [0.2, 0.25) is 0 Å². The fourth-order valence-corrected chi connectivity index (χ4v) is 3.47. The van der Waals surface area contributed by atoms with Crippen molar-refractivity contribution in [3.63, 3.8) is 0 Å². The minimum absolute atomic E-state index is 0.0551. The van der Waals surface area contributed by atoms with Crippen LogP contribution in [-0.2, 0) is 10.2 Å². The van der Waals surface area contributed by atoms with Gasteiger partial charge in [-0.25, -0.2) is 14.3 Å². The zero-order valence-electron chi connectivity index (χ0n) is 17.2. The van der Waals surface area contributed by atoms with Crippen molar-refractivity contribution in [1.82, 2.24) is 19.9 Å². The molecule has 2 heterocycles. The standard InChI is InChI=1S/C22H24N4O4/c1-13(2)12-23-21(29)22(9-10-22)20-24-18-17(30-3)8-7-16(26(18)25-20)14-5-4-6-15(11-14)19(27)28/h4-8,11,13H,9-10,12H2,1-3H3,(H,23,29)(H,27,28). The van der Waals surface area contributed by atoms with E-state index in [2.05, 4.69) is 15.4 Å². The van der Waals surface area contributed by atoms with Crippen LogP contribution in [0.3, 0.4) is 0 Å². The summed E-state index contributed by atoms with van der Waals surface area (Å²) in [6.45, 7) is 4.70. The first kappa shape index (κ1) is 19.9. The molecule has 2 aromatic heterocycles. The number of nitrogens with one attached hydrogen (secondary N) is 1. The molecule has 0 saturated heterocycles. The van der Waals surface area contributed by atoms with Gasteiger partial charge in [-0.2, -0.15) is 0 Å². The van der Waals surface area contributed by atoms with Gasteiger partial charge in [0.2, 0.25) is 5.91 Å². The number of hydrogen-bond acceptors (Lipinski definition) is 5. The average molecular weight is 408 g/mol. The van der Waals surface area contributed by atoms with Crippen molar-refractivity contribution >= 4 is 17.5 Å². The molecule has 8 nitrogen and oxygen atoms in total. The van der Waals surface area contributed by atoms with Gasteiger partial charge in [-0.1, -0.05) is 26.0 Å². The first-order valence-corrected chi connectivity index (χ1v) is 9.92. The first-order chi connectivity index (χ1) is 14.4. The number of pyridine rings is 1. The lowest BCUT2D eigenvalue weighted by molar-refractivity contribution is -0.123. The third kappa shape index (κ3) is 3.38. The molecular weight excluding hydrogens is 384 g/mol. The molecule has 1 fully saturated rings. The van der Waals surface area contributed by atoms with Crippen LogP contribution in [0.25, 0.3) is 16.9 Å². The zero-order chi connectivity index (χ0) is 21.5. The van der Waals surface area contributed by atoms with Crippen LogP contribution in [0.1, 0.15) is 42.9 Å². The van der Waals surface area contributed by atoms with E-state index in [0.29, 0.717) is 53.8 Å². The predicted molar refractivity (Wildman–Crippen MR) is 111 cm³/mol. The molecule has 8 heteroatoms. The second-order valence-electron chi connectivity index (χ2n) is 8.03. The zero-order valence-corrected chi connectivity index (χ0v) is 17.2. The van der Waals surface area contributed by atoms with Gasteiger partial charge in [0, 0.05) is 12.1 Å². The van der Waals surface area contributed by atoms with Gasteiger partial charge in [-0.3, -0.25) is 4.79 Å². The van der Waals surface area contributed by atoms with Crippen molar-refractivity contribution in [2.45, 2.75) is 32.1 Å². The minimum Gasteiger partial charge on any atom is -0.493 e. The molecule has 0 spiro atoms. The predicted octanol–water partition coefficient (Wildman–Crippen LogP) is 2.91. The molecule has 0 radical (unpaired) electrons. The van der Waals surface area contributed by atoms with Crippen molar-refractivity contribution in [3.05, 3.63) is 47.8 Å². The van der Waals surface area contributed by atoms with E-state index >= 15 is 0 Å². The van der Waals surface area contributed by atoms with E-state index in [4.69, 9.17) is 4.74 Å². The number of carboxylic acids is 1. The number of hydrogen-bond donors (Lipinski definition) is 2. The van der Waals surface area contributed by atoms with Crippen LogP contribution in [0.4, 0.5) is 0 Å². The molecule has 30 heavy (non-hydrogen) atoms. The topological polar surface area (TPSA) is 106 Å². The van der Waals surface area contributed by atoms with Gasteiger partial charge in [0.25, 0.3) is 0 Å². The maximum absolute atomic E-state index is 12.8. The summed E-state index contributed by atoms with van der Waals surface area (Å²) in [5.41, 5.74) is 1.32. The van der Waals surface area contributed by atoms with Crippen LogP contribution in [-0.4, -0.2) is 45.2 Å². The smallest absolute Gasteiger partial charge is 0.335 e. The molecule has 0 aliphatic heterocycles. The molecule has 1 saturated carbocycles. The number of methoxy groups -OCH3 is 1. The van der Waals surface area contributed by atoms with E-state index in [-0.39, 0.29) is 11.5 Å². The number of aromatic nitrogens is 3. The Labute approximate surface area is 173 Å². The Kier molecular flexibility index (Phi) is 4.93. The van der Waals surface area contributed by atoms with Crippen molar-refractivity contribution in [3.8, 4) is 17.0 Å². The van der Waals surface area contributed by atoms with E-state index in [1.807, 2.05) is 26.0 Å². The third-order valence-electron chi connectivity index (χ3n) is 5.36. The number of amides is 1. The molecule has 0 bridgehead atoms. The second kappa shape index (κ2) is 7.44. The quantitative estimate of drug-likeness (QED) is 0.623. The normalized spacial score (nSPS) is 14.7. The monoisotopic (exact) mass is 408 g/mol. The Balaban J connectivity index is 1.80. The minimum atomic E-state index is -1.00. The van der Waals surface area contributed by atoms with E-state index in [1.54, 1.807) is 29.8 Å². The lowest BCUT2D eigenvalue weighted by atomic mass is 10.1. The highest BCUT2D eigenvalue weighted by Gasteiger charge is 2.54. The highest BCUT2D eigenvalue weighted by molar-refractivity contribution is 5.91. The number of aromatic carboxylic acids is 1. The molecule has 3 aromatic rings. The van der Waals surface area contributed by atoms with Gasteiger partial charge in [0.15, 0.2) is 17.2 Å². The molecule has 1 amide bonds. The van der Waals surface area contributed by atoms with Crippen molar-refractivity contribution < 1.29 is 19.4 Å². The van der Waals surface area contributed by atoms with E-state index in [9.17, 15) is 14.7 Å². The second-order valence-corrected chi connectivity index (χ2v) is 8.03. The maximum Gasteiger partial charge on any atom is 0.335 e. The van der Waals surface area contributed by atoms with Gasteiger partial charge < -0.3 is 15.2 Å². The third-order valence-corrected chi connectivity index (χ3v) is 5.36. The largest absolute Gasteiger partial charge is 0.493 e. The Morgan fingerprint density at radius 1 is 1.27 bits per heavy atom. The lowest BCUT2D eigenvalue weighted by Gasteiger charge is -2.13. The lowest BCUT2D eigenvalue weighted by Crippen LogP contribution is -2.37. The van der Waals surface area contributed by atoms with Crippen molar-refractivity contribution in [1.29, 1.82) is 0 Å². The number of carboxylic acid groups (broad SMARTS) is 1. The average Bonchev–Trinajstić information content (AvgIpc) is 3.43. The van der Waals surface area contributed by atoms with Crippen LogP contribution >= 0.6 is 0 Å². The number of carbonyl (C=O) groups excluding carboxylic acids is 1. The summed E-state index contributed by atoms with van der Waals surface area (Å²) < 4.78 is 7.08. The molecular formula is C22H24N4O4. The van der Waals surface area contributed by atoms with E-state index < -0.39 is 11.4 Å². The highest BCUT2D eigenvalue weighted by Crippen LogP contribution is 2.47. The van der Waals surface area contributed by atoms with Crippen molar-refractivity contribution in [2.75, 3.05) is 13.7 Å². The number of rotatable bonds is 7. The van der Waals surface area contributed by atoms with Crippen LogP contribution in [0.15, 0.2) is 36.4 Å². The van der Waals surface area contributed by atoms with E-state index in [0.717, 1.165) is 0 Å². The summed E-state index contributed by atoms with van der Waals surface area (Å²) in [5.74, 6) is 0.293. The van der Waals surface area contributed by atoms with E-state index in [1.165, 1.54) is 6.07 Å². The van der Waals surface area contributed by atoms with Gasteiger partial charge >= 0.3 is 5.97 Å². The summed E-state index contributed by atoms with van der Waals surface area (Å²) in [4.78, 5) is 28.9. The van der Waals surface area contributed by atoms with Gasteiger partial charge in [-0.15, -0.1) is 5.10 Å². The van der Waals surface area contributed by atoms with Crippen LogP contribution in [0.5, 0.6) is 5.75 Å². The first-order valence-electron chi connectivity index (χ1n) is 9.92. The molecule has 156 valence electrons. The molecule has 1 aliphatic rings. The maximum atomic E-state index is 12.8. The number of nitrogens with zero attached hydrogens (tertiary/aromatic N) is 3. The van der Waals surface area contributed by atoms with Crippen LogP contribution < -0.4 is 10.1 Å². The SMILES string of the molecule is COc1ccc(-c2cccc(C(=O)O)c2)n2nc(C3(C(=O)NCC(C)C)CC3)nc12. The number of ether oxygens (including phenoxy) is 1. The number of carbonyl (C=O) groups is 2. The van der Waals surface area contributed by atoms with Crippen LogP contribution in [0, 0.1) is 5.92 Å². The highest BCUT2D eigenvalue weighted by atomic mass is 16.5. The Bertz CT molecular complexity index is 1130. The summed E-state index contributed by atoms with van der Waals surface area (Å²) in [7, 11) is 1.55. The molecule has 1 aliphatic carbocycles. The van der Waals surface area contributed by atoms with Crippen molar-refractivity contribution in [2.24, 2.45) is 5.92 Å². The number of fused-ring (bicyclic) bond motifs is 1. The fourth-order valence-electron chi connectivity index (χ4n) is 3.47. The van der Waals surface area contributed by atoms with Gasteiger partial charge in [0.1, 0.15) is 5.41 Å². The summed E-state index contributed by atoms with van der Waals surface area (Å²) in [6, 6.07) is 10.2. The Hall–Kier alpha value is -3.42. The molecule has 0 atom stereocenters. The molecule has 2 N–H and O–H groups in total.